The van der Waals surface area contributed by atoms with Gasteiger partial charge in [0.25, 0.3) is 0 Å². The van der Waals surface area contributed by atoms with E-state index in [4.69, 9.17) is 0 Å². The number of nitrogens with zero attached hydrogens (tertiary/aromatic N) is 3. The first kappa shape index (κ1) is 21.0. The van der Waals surface area contributed by atoms with Crippen molar-refractivity contribution in [2.24, 2.45) is 0 Å². The average molecular weight is 422 g/mol. The molecule has 0 unspecified atom stereocenters. The van der Waals surface area contributed by atoms with Crippen LogP contribution in [0.2, 0.25) is 0 Å². The summed E-state index contributed by atoms with van der Waals surface area (Å²) in [4.78, 5) is 21.9. The van der Waals surface area contributed by atoms with Gasteiger partial charge in [-0.05, 0) is 55.6 Å². The second-order valence-electron chi connectivity index (χ2n) is 7.75. The van der Waals surface area contributed by atoms with Crippen molar-refractivity contribution in [3.63, 3.8) is 0 Å². The molecule has 2 N–H and O–H groups in total. The Morgan fingerprint density at radius 1 is 1.12 bits per heavy atom. The van der Waals surface area contributed by atoms with Gasteiger partial charge in [-0.3, -0.25) is 4.79 Å². The molecule has 0 saturated heterocycles. The second-order valence-corrected chi connectivity index (χ2v) is 7.75. The maximum absolute atomic E-state index is 12.2. The van der Waals surface area contributed by atoms with E-state index in [1.54, 1.807) is 12.1 Å². The molecule has 0 aliphatic rings. The van der Waals surface area contributed by atoms with Gasteiger partial charge in [0.15, 0.2) is 0 Å². The fourth-order valence-corrected chi connectivity index (χ4v) is 3.49. The number of nitriles is 1. The number of rotatable bonds is 6. The molecule has 0 saturated carbocycles. The number of anilines is 1. The van der Waals surface area contributed by atoms with Gasteiger partial charge in [0.1, 0.15) is 5.65 Å². The summed E-state index contributed by atoms with van der Waals surface area (Å²) in [5.74, 6) is -0.164. The van der Waals surface area contributed by atoms with Gasteiger partial charge in [0.2, 0.25) is 5.91 Å². The first-order valence-corrected chi connectivity index (χ1v) is 10.2. The van der Waals surface area contributed by atoms with E-state index in [-0.39, 0.29) is 5.91 Å². The highest BCUT2D eigenvalue weighted by Crippen LogP contribution is 2.32. The molecule has 1 amide bonds. The Morgan fingerprint density at radius 3 is 2.75 bits per heavy atom. The van der Waals surface area contributed by atoms with Crippen LogP contribution in [0.5, 0.6) is 0 Å². The van der Waals surface area contributed by atoms with Crippen molar-refractivity contribution in [1.82, 2.24) is 14.9 Å². The molecule has 2 aromatic carbocycles. The highest BCUT2D eigenvalue weighted by Gasteiger charge is 2.10. The molecule has 6 heteroatoms. The molecule has 0 aliphatic carbocycles. The van der Waals surface area contributed by atoms with E-state index >= 15 is 0 Å². The van der Waals surface area contributed by atoms with Crippen LogP contribution in [-0.2, 0) is 4.79 Å². The molecule has 4 rings (SSSR count). The fourth-order valence-electron chi connectivity index (χ4n) is 3.49. The predicted octanol–water partition coefficient (Wildman–Crippen LogP) is 4.82. The molecule has 2 aromatic heterocycles. The number of pyridine rings is 1. The summed E-state index contributed by atoms with van der Waals surface area (Å²) >= 11 is 0. The van der Waals surface area contributed by atoms with Gasteiger partial charge in [0.05, 0.1) is 11.6 Å². The normalized spacial score (nSPS) is 11.2. The number of aromatic nitrogens is 2. The van der Waals surface area contributed by atoms with E-state index in [1.165, 1.54) is 0 Å². The number of likely N-dealkylation sites (N-methyl/N-ethyl adjacent to an activating group) is 1. The topological polar surface area (TPSA) is 84.8 Å². The molecule has 0 bridgehead atoms. The summed E-state index contributed by atoms with van der Waals surface area (Å²) in [5.41, 5.74) is 5.95. The Hall–Kier alpha value is -4.21. The zero-order chi connectivity index (χ0) is 22.5. The molecule has 2 heterocycles. The lowest BCUT2D eigenvalue weighted by Gasteiger charge is -2.07. The average Bonchev–Trinajstić information content (AvgIpc) is 3.22. The second kappa shape index (κ2) is 9.29. The molecule has 32 heavy (non-hydrogen) atoms. The summed E-state index contributed by atoms with van der Waals surface area (Å²) in [6, 6.07) is 19.5. The van der Waals surface area contributed by atoms with Crippen LogP contribution in [0.1, 0.15) is 5.56 Å². The standard InChI is InChI=1S/C26H23N5O/c1-31(2)11-5-10-25(32)30-22-9-4-7-19(13-22)21-14-23-24(17-29-26(23)28-16-21)20-8-3-6-18(12-20)15-27/h3-10,12-14,16-17H,11H2,1-2H3,(H,28,29)(H,30,32)/b10-5+. The van der Waals surface area contributed by atoms with E-state index in [1.807, 2.05) is 79.9 Å². The number of hydrogen-bond donors (Lipinski definition) is 2. The van der Waals surface area contributed by atoms with Crippen molar-refractivity contribution in [2.75, 3.05) is 26.0 Å². The summed E-state index contributed by atoms with van der Waals surface area (Å²) < 4.78 is 0. The Morgan fingerprint density at radius 2 is 1.94 bits per heavy atom. The van der Waals surface area contributed by atoms with Crippen LogP contribution in [0, 0.1) is 11.3 Å². The minimum atomic E-state index is -0.164. The van der Waals surface area contributed by atoms with Gasteiger partial charge in [0, 0.05) is 47.2 Å². The molecular formula is C26H23N5O. The Bertz CT molecular complexity index is 1340. The minimum Gasteiger partial charge on any atom is -0.346 e. The number of carbonyl (C=O) groups excluding carboxylic acids is 1. The smallest absolute Gasteiger partial charge is 0.248 e. The van der Waals surface area contributed by atoms with Crippen LogP contribution in [0.25, 0.3) is 33.3 Å². The maximum Gasteiger partial charge on any atom is 0.248 e. The maximum atomic E-state index is 12.2. The largest absolute Gasteiger partial charge is 0.346 e. The Labute approximate surface area is 186 Å². The number of amides is 1. The van der Waals surface area contributed by atoms with Gasteiger partial charge in [-0.1, -0.05) is 30.3 Å². The molecule has 158 valence electrons. The minimum absolute atomic E-state index is 0.164. The number of nitrogens with one attached hydrogen (secondary N) is 2. The van der Waals surface area contributed by atoms with Gasteiger partial charge < -0.3 is 15.2 Å². The van der Waals surface area contributed by atoms with E-state index in [2.05, 4.69) is 27.4 Å². The molecule has 0 spiro atoms. The summed E-state index contributed by atoms with van der Waals surface area (Å²) in [5, 5.41) is 13.1. The molecule has 4 aromatic rings. The Kier molecular flexibility index (Phi) is 6.11. The quantitative estimate of drug-likeness (QED) is 0.437. The highest BCUT2D eigenvalue weighted by atomic mass is 16.1. The zero-order valence-electron chi connectivity index (χ0n) is 18.0. The number of H-pyrrole nitrogens is 1. The summed E-state index contributed by atoms with van der Waals surface area (Å²) in [6.07, 6.45) is 7.09. The number of carbonyl (C=O) groups is 1. The molecule has 0 aliphatic heterocycles. The predicted molar refractivity (Wildman–Crippen MR) is 128 cm³/mol. The van der Waals surface area contributed by atoms with E-state index in [0.717, 1.165) is 39.0 Å². The van der Waals surface area contributed by atoms with Crippen molar-refractivity contribution in [3.8, 4) is 28.3 Å². The van der Waals surface area contributed by atoms with Gasteiger partial charge >= 0.3 is 0 Å². The van der Waals surface area contributed by atoms with Crippen molar-refractivity contribution >= 4 is 22.6 Å². The van der Waals surface area contributed by atoms with E-state index < -0.39 is 0 Å². The SMILES string of the molecule is CN(C)C/C=C/C(=O)Nc1cccc(-c2cnc3[nH]cc(-c4cccc(C#N)c4)c3c2)c1. The molecule has 0 atom stereocenters. The van der Waals surface area contributed by atoms with Crippen LogP contribution in [-0.4, -0.2) is 41.4 Å². The molecular weight excluding hydrogens is 398 g/mol. The van der Waals surface area contributed by atoms with Gasteiger partial charge in [-0.15, -0.1) is 0 Å². The van der Waals surface area contributed by atoms with Crippen LogP contribution >= 0.6 is 0 Å². The molecule has 6 nitrogen and oxygen atoms in total. The number of hydrogen-bond acceptors (Lipinski definition) is 4. The summed E-state index contributed by atoms with van der Waals surface area (Å²) in [7, 11) is 3.90. The number of fused-ring (bicyclic) bond motifs is 1. The summed E-state index contributed by atoms with van der Waals surface area (Å²) in [6.45, 7) is 0.704. The number of aromatic amines is 1. The lowest BCUT2D eigenvalue weighted by Crippen LogP contribution is -2.12. The third-order valence-corrected chi connectivity index (χ3v) is 5.04. The van der Waals surface area contributed by atoms with Gasteiger partial charge in [-0.25, -0.2) is 4.98 Å². The third-order valence-electron chi connectivity index (χ3n) is 5.04. The van der Waals surface area contributed by atoms with E-state index in [0.29, 0.717) is 12.1 Å². The Balaban J connectivity index is 1.63. The first-order chi connectivity index (χ1) is 15.5. The lowest BCUT2D eigenvalue weighted by atomic mass is 10.0. The molecule has 0 fully saturated rings. The van der Waals surface area contributed by atoms with Crippen molar-refractivity contribution in [2.45, 2.75) is 0 Å². The van der Waals surface area contributed by atoms with Crippen LogP contribution in [0.3, 0.4) is 0 Å². The first-order valence-electron chi connectivity index (χ1n) is 10.2. The van der Waals surface area contributed by atoms with E-state index in [9.17, 15) is 10.1 Å². The van der Waals surface area contributed by atoms with Crippen molar-refractivity contribution in [1.29, 1.82) is 5.26 Å². The fraction of sp³-hybridized carbons (Fsp3) is 0.115. The molecule has 0 radical (unpaired) electrons. The zero-order valence-corrected chi connectivity index (χ0v) is 18.0. The van der Waals surface area contributed by atoms with Crippen molar-refractivity contribution in [3.05, 3.63) is 84.7 Å². The van der Waals surface area contributed by atoms with Gasteiger partial charge in [-0.2, -0.15) is 5.26 Å². The number of benzene rings is 2. The highest BCUT2D eigenvalue weighted by molar-refractivity contribution is 6.00. The van der Waals surface area contributed by atoms with Crippen LogP contribution < -0.4 is 5.32 Å². The lowest BCUT2D eigenvalue weighted by molar-refractivity contribution is -0.111. The monoisotopic (exact) mass is 421 g/mol. The van der Waals surface area contributed by atoms with Crippen LogP contribution in [0.15, 0.2) is 79.1 Å². The van der Waals surface area contributed by atoms with Crippen molar-refractivity contribution < 1.29 is 4.79 Å². The third kappa shape index (κ3) is 4.75. The van der Waals surface area contributed by atoms with Crippen LogP contribution in [0.4, 0.5) is 5.69 Å².